The molecule has 7 nitrogen and oxygen atoms in total. The highest BCUT2D eigenvalue weighted by Crippen LogP contribution is 2.14. The van der Waals surface area contributed by atoms with Gasteiger partial charge in [0.2, 0.25) is 5.13 Å². The molecule has 0 bridgehead atoms. The van der Waals surface area contributed by atoms with Gasteiger partial charge in [-0.05, 0) is 26.2 Å². The van der Waals surface area contributed by atoms with Crippen molar-refractivity contribution in [3.63, 3.8) is 0 Å². The van der Waals surface area contributed by atoms with Crippen LogP contribution in [0.3, 0.4) is 0 Å². The molecular weight excluding hydrogens is 300 g/mol. The average Bonchev–Trinajstić information content (AvgIpc) is 3.18. The molecule has 0 spiro atoms. The molecule has 3 aromatic rings. The second-order valence-corrected chi connectivity index (χ2v) is 5.95. The van der Waals surface area contributed by atoms with E-state index in [-0.39, 0.29) is 5.91 Å². The number of rotatable bonds is 5. The summed E-state index contributed by atoms with van der Waals surface area (Å²) < 4.78 is 1.63. The first-order valence-electron chi connectivity index (χ1n) is 6.70. The maximum absolute atomic E-state index is 12.2. The second-order valence-electron chi connectivity index (χ2n) is 5.08. The van der Waals surface area contributed by atoms with E-state index in [1.54, 1.807) is 29.3 Å². The minimum Gasteiger partial charge on any atom is -0.353 e. The topological polar surface area (TPSA) is 78.8 Å². The largest absolute Gasteiger partial charge is 0.353 e. The van der Waals surface area contributed by atoms with Crippen LogP contribution in [0, 0.1) is 0 Å². The van der Waals surface area contributed by atoms with E-state index in [1.165, 1.54) is 11.3 Å². The number of amides is 1. The van der Waals surface area contributed by atoms with Crippen LogP contribution in [0.5, 0.6) is 0 Å². The van der Waals surface area contributed by atoms with E-state index in [2.05, 4.69) is 20.4 Å². The van der Waals surface area contributed by atoms with E-state index in [9.17, 15) is 4.79 Å². The third-order valence-corrected chi connectivity index (χ3v) is 3.69. The number of nitrogens with zero attached hydrogens (tertiary/aromatic N) is 4. The SMILES string of the molecule is CN(C)Cc1ccc(C(=O)Nc2cnn(-c3nccs3)c2)[nH]1. The summed E-state index contributed by atoms with van der Waals surface area (Å²) in [6.45, 7) is 0.759. The summed E-state index contributed by atoms with van der Waals surface area (Å²) in [5.41, 5.74) is 2.15. The Balaban J connectivity index is 1.68. The van der Waals surface area contributed by atoms with Gasteiger partial charge < -0.3 is 15.2 Å². The molecule has 0 radical (unpaired) electrons. The first-order chi connectivity index (χ1) is 10.6. The molecule has 0 aliphatic heterocycles. The van der Waals surface area contributed by atoms with Crippen molar-refractivity contribution in [2.45, 2.75) is 6.54 Å². The fraction of sp³-hybridized carbons (Fsp3) is 0.214. The molecule has 0 aliphatic rings. The first kappa shape index (κ1) is 14.5. The van der Waals surface area contributed by atoms with Crippen molar-refractivity contribution in [3.8, 4) is 5.13 Å². The van der Waals surface area contributed by atoms with Gasteiger partial charge >= 0.3 is 0 Å². The predicted molar refractivity (Wildman–Crippen MR) is 85.4 cm³/mol. The number of thiazole rings is 1. The number of hydrogen-bond donors (Lipinski definition) is 2. The summed E-state index contributed by atoms with van der Waals surface area (Å²) in [6, 6.07) is 3.69. The van der Waals surface area contributed by atoms with Crippen molar-refractivity contribution in [3.05, 3.63) is 47.5 Å². The van der Waals surface area contributed by atoms with Crippen LogP contribution in [0.2, 0.25) is 0 Å². The van der Waals surface area contributed by atoms with Crippen LogP contribution in [0.4, 0.5) is 5.69 Å². The minimum atomic E-state index is -0.191. The van der Waals surface area contributed by atoms with E-state index in [4.69, 9.17) is 0 Å². The Morgan fingerprint density at radius 2 is 2.32 bits per heavy atom. The van der Waals surface area contributed by atoms with Gasteiger partial charge in [-0.3, -0.25) is 4.79 Å². The number of aromatic nitrogens is 4. The van der Waals surface area contributed by atoms with Crippen molar-refractivity contribution in [1.82, 2.24) is 24.6 Å². The summed E-state index contributed by atoms with van der Waals surface area (Å²) >= 11 is 1.48. The van der Waals surface area contributed by atoms with Crippen LogP contribution in [-0.4, -0.2) is 44.7 Å². The van der Waals surface area contributed by atoms with Crippen molar-refractivity contribution in [1.29, 1.82) is 0 Å². The zero-order valence-electron chi connectivity index (χ0n) is 12.3. The lowest BCUT2D eigenvalue weighted by Gasteiger charge is -2.06. The molecule has 3 heterocycles. The van der Waals surface area contributed by atoms with Gasteiger partial charge in [-0.1, -0.05) is 0 Å². The number of hydrogen-bond acceptors (Lipinski definition) is 5. The van der Waals surface area contributed by atoms with Crippen LogP contribution in [0.25, 0.3) is 5.13 Å². The smallest absolute Gasteiger partial charge is 0.272 e. The standard InChI is InChI=1S/C14H16N6OS/c1-19(2)8-10-3-4-12(17-10)13(21)18-11-7-16-20(9-11)14-15-5-6-22-14/h3-7,9,17H,8H2,1-2H3,(H,18,21). The van der Waals surface area contributed by atoms with E-state index in [0.717, 1.165) is 17.4 Å². The Morgan fingerprint density at radius 3 is 3.05 bits per heavy atom. The van der Waals surface area contributed by atoms with E-state index < -0.39 is 0 Å². The van der Waals surface area contributed by atoms with Crippen molar-refractivity contribution in [2.75, 3.05) is 19.4 Å². The van der Waals surface area contributed by atoms with Crippen molar-refractivity contribution in [2.24, 2.45) is 0 Å². The molecule has 0 unspecified atom stereocenters. The molecule has 3 rings (SSSR count). The van der Waals surface area contributed by atoms with Crippen LogP contribution in [0.1, 0.15) is 16.2 Å². The van der Waals surface area contributed by atoms with Gasteiger partial charge in [-0.2, -0.15) is 5.10 Å². The van der Waals surface area contributed by atoms with Crippen LogP contribution in [0.15, 0.2) is 36.1 Å². The van der Waals surface area contributed by atoms with Gasteiger partial charge in [-0.15, -0.1) is 11.3 Å². The fourth-order valence-electron chi connectivity index (χ4n) is 2.03. The van der Waals surface area contributed by atoms with Crippen LogP contribution in [-0.2, 0) is 6.54 Å². The molecule has 0 saturated heterocycles. The molecule has 0 atom stereocenters. The minimum absolute atomic E-state index is 0.191. The third-order valence-electron chi connectivity index (χ3n) is 2.93. The van der Waals surface area contributed by atoms with Gasteiger partial charge in [0.15, 0.2) is 0 Å². The normalized spacial score (nSPS) is 11.0. The Labute approximate surface area is 131 Å². The zero-order chi connectivity index (χ0) is 15.5. The summed E-state index contributed by atoms with van der Waals surface area (Å²) in [5, 5.41) is 9.63. The molecule has 114 valence electrons. The zero-order valence-corrected chi connectivity index (χ0v) is 13.1. The summed E-state index contributed by atoms with van der Waals surface area (Å²) in [5.74, 6) is -0.191. The summed E-state index contributed by atoms with van der Waals surface area (Å²) in [7, 11) is 3.96. The maximum atomic E-state index is 12.2. The van der Waals surface area contributed by atoms with Crippen LogP contribution < -0.4 is 5.32 Å². The Kier molecular flexibility index (Phi) is 4.03. The lowest BCUT2D eigenvalue weighted by molar-refractivity contribution is 0.102. The molecule has 8 heteroatoms. The molecular formula is C14H16N6OS. The summed E-state index contributed by atoms with van der Waals surface area (Å²) in [6.07, 6.45) is 5.05. The number of carbonyl (C=O) groups is 1. The molecule has 0 saturated carbocycles. The van der Waals surface area contributed by atoms with Gasteiger partial charge in [0.05, 0.1) is 18.1 Å². The highest BCUT2D eigenvalue weighted by Gasteiger charge is 2.11. The fourth-order valence-corrected chi connectivity index (χ4v) is 2.60. The molecule has 0 fully saturated rings. The van der Waals surface area contributed by atoms with Crippen molar-refractivity contribution >= 4 is 22.9 Å². The predicted octanol–water partition coefficient (Wildman–Crippen LogP) is 1.97. The van der Waals surface area contributed by atoms with Gasteiger partial charge in [0.1, 0.15) is 5.69 Å². The molecule has 1 amide bonds. The first-order valence-corrected chi connectivity index (χ1v) is 7.58. The lowest BCUT2D eigenvalue weighted by Crippen LogP contribution is -2.13. The monoisotopic (exact) mass is 316 g/mol. The average molecular weight is 316 g/mol. The Morgan fingerprint density at radius 1 is 1.45 bits per heavy atom. The third kappa shape index (κ3) is 3.23. The maximum Gasteiger partial charge on any atom is 0.272 e. The Hall–Kier alpha value is -2.45. The molecule has 0 aromatic carbocycles. The molecule has 3 aromatic heterocycles. The van der Waals surface area contributed by atoms with Gasteiger partial charge in [-0.25, -0.2) is 9.67 Å². The summed E-state index contributed by atoms with van der Waals surface area (Å²) in [4.78, 5) is 21.5. The molecule has 2 N–H and O–H groups in total. The van der Waals surface area contributed by atoms with Gasteiger partial charge in [0, 0.05) is 23.8 Å². The molecule has 22 heavy (non-hydrogen) atoms. The van der Waals surface area contributed by atoms with Crippen molar-refractivity contribution < 1.29 is 4.79 Å². The quantitative estimate of drug-likeness (QED) is 0.754. The highest BCUT2D eigenvalue weighted by atomic mass is 32.1. The number of anilines is 1. The number of nitrogens with one attached hydrogen (secondary N) is 2. The Bertz CT molecular complexity index is 758. The van der Waals surface area contributed by atoms with E-state index in [0.29, 0.717) is 11.4 Å². The second kappa shape index (κ2) is 6.12. The van der Waals surface area contributed by atoms with E-state index >= 15 is 0 Å². The number of aromatic amines is 1. The van der Waals surface area contributed by atoms with Gasteiger partial charge in [0.25, 0.3) is 5.91 Å². The number of H-pyrrole nitrogens is 1. The lowest BCUT2D eigenvalue weighted by atomic mass is 10.4. The van der Waals surface area contributed by atoms with Crippen LogP contribution >= 0.6 is 11.3 Å². The van der Waals surface area contributed by atoms with E-state index in [1.807, 2.05) is 30.4 Å². The highest BCUT2D eigenvalue weighted by molar-refractivity contribution is 7.12. The molecule has 0 aliphatic carbocycles. The number of carbonyl (C=O) groups excluding carboxylic acids is 1.